The Bertz CT molecular complexity index is 685. The lowest BCUT2D eigenvalue weighted by Gasteiger charge is -2.05. The van der Waals surface area contributed by atoms with Gasteiger partial charge in [0.1, 0.15) is 0 Å². The van der Waals surface area contributed by atoms with Gasteiger partial charge in [-0.15, -0.1) is 0 Å². The van der Waals surface area contributed by atoms with E-state index in [0.29, 0.717) is 5.95 Å². The number of benzene rings is 1. The van der Waals surface area contributed by atoms with Gasteiger partial charge in [-0.2, -0.15) is 0 Å². The number of imidazole rings is 1. The molecule has 0 unspecified atom stereocenters. The van der Waals surface area contributed by atoms with Crippen LogP contribution in [0.3, 0.4) is 0 Å². The average molecular weight is 224 g/mol. The first-order valence-corrected chi connectivity index (χ1v) is 5.37. The second kappa shape index (κ2) is 3.59. The SMILES string of the molecule is Cn1c(-c2ccc3cnccc3c2)cnc1N. The predicted octanol–water partition coefficient (Wildman–Crippen LogP) is 2.22. The molecule has 0 atom stereocenters. The zero-order chi connectivity index (χ0) is 11.8. The smallest absolute Gasteiger partial charge is 0.200 e. The number of nitrogens with two attached hydrogens (primary N) is 1. The number of fused-ring (bicyclic) bond motifs is 1. The Morgan fingerprint density at radius 1 is 1.12 bits per heavy atom. The van der Waals surface area contributed by atoms with Crippen molar-refractivity contribution in [2.75, 3.05) is 5.73 Å². The molecule has 1 aromatic carbocycles. The minimum atomic E-state index is 0.523. The second-order valence-corrected chi connectivity index (χ2v) is 4.00. The maximum absolute atomic E-state index is 5.73. The number of rotatable bonds is 1. The summed E-state index contributed by atoms with van der Waals surface area (Å²) in [6, 6.07) is 8.23. The molecule has 4 nitrogen and oxygen atoms in total. The van der Waals surface area contributed by atoms with Crippen molar-refractivity contribution < 1.29 is 0 Å². The highest BCUT2D eigenvalue weighted by Gasteiger charge is 2.06. The van der Waals surface area contributed by atoms with E-state index in [1.807, 2.05) is 23.9 Å². The highest BCUT2D eigenvalue weighted by Crippen LogP contribution is 2.24. The van der Waals surface area contributed by atoms with Crippen molar-refractivity contribution in [1.29, 1.82) is 0 Å². The molecule has 84 valence electrons. The van der Waals surface area contributed by atoms with Gasteiger partial charge in [0.25, 0.3) is 0 Å². The Labute approximate surface area is 98.7 Å². The molecule has 4 heteroatoms. The Kier molecular flexibility index (Phi) is 2.08. The van der Waals surface area contributed by atoms with Crippen LogP contribution in [0.25, 0.3) is 22.0 Å². The van der Waals surface area contributed by atoms with Crippen LogP contribution in [0.2, 0.25) is 0 Å². The van der Waals surface area contributed by atoms with Crippen molar-refractivity contribution >= 4 is 16.7 Å². The van der Waals surface area contributed by atoms with E-state index in [9.17, 15) is 0 Å². The van der Waals surface area contributed by atoms with Crippen LogP contribution < -0.4 is 5.73 Å². The van der Waals surface area contributed by atoms with Gasteiger partial charge in [-0.25, -0.2) is 4.98 Å². The minimum absolute atomic E-state index is 0.523. The summed E-state index contributed by atoms with van der Waals surface area (Å²) in [5, 5.41) is 2.30. The lowest BCUT2D eigenvalue weighted by Crippen LogP contribution is -1.98. The number of nitrogens with zero attached hydrogens (tertiary/aromatic N) is 3. The van der Waals surface area contributed by atoms with Gasteiger partial charge < -0.3 is 10.3 Å². The van der Waals surface area contributed by atoms with Crippen LogP contribution in [-0.2, 0) is 7.05 Å². The largest absolute Gasteiger partial charge is 0.369 e. The lowest BCUT2D eigenvalue weighted by molar-refractivity contribution is 0.938. The third kappa shape index (κ3) is 1.54. The fourth-order valence-electron chi connectivity index (χ4n) is 1.93. The quantitative estimate of drug-likeness (QED) is 0.689. The zero-order valence-electron chi connectivity index (χ0n) is 9.46. The molecule has 2 heterocycles. The molecule has 0 saturated carbocycles. The highest BCUT2D eigenvalue weighted by molar-refractivity contribution is 5.86. The molecule has 2 aromatic heterocycles. The van der Waals surface area contributed by atoms with E-state index in [1.165, 1.54) is 0 Å². The van der Waals surface area contributed by atoms with E-state index >= 15 is 0 Å². The third-order valence-electron chi connectivity index (χ3n) is 2.96. The van der Waals surface area contributed by atoms with Crippen molar-refractivity contribution in [3.8, 4) is 11.3 Å². The second-order valence-electron chi connectivity index (χ2n) is 4.00. The molecule has 0 aliphatic carbocycles. The number of pyridine rings is 1. The molecular weight excluding hydrogens is 212 g/mol. The molecule has 0 spiro atoms. The van der Waals surface area contributed by atoms with E-state index in [2.05, 4.69) is 28.2 Å². The first-order valence-electron chi connectivity index (χ1n) is 5.37. The molecule has 2 N–H and O–H groups in total. The zero-order valence-corrected chi connectivity index (χ0v) is 9.46. The summed E-state index contributed by atoms with van der Waals surface area (Å²) in [6.07, 6.45) is 5.44. The van der Waals surface area contributed by atoms with Crippen LogP contribution in [-0.4, -0.2) is 14.5 Å². The number of hydrogen-bond acceptors (Lipinski definition) is 3. The van der Waals surface area contributed by atoms with E-state index in [-0.39, 0.29) is 0 Å². The van der Waals surface area contributed by atoms with Crippen molar-refractivity contribution in [3.05, 3.63) is 42.9 Å². The fraction of sp³-hybridized carbons (Fsp3) is 0.0769. The molecule has 0 radical (unpaired) electrons. The van der Waals surface area contributed by atoms with Crippen LogP contribution >= 0.6 is 0 Å². The summed E-state index contributed by atoms with van der Waals surface area (Å²) < 4.78 is 1.88. The number of hydrogen-bond donors (Lipinski definition) is 1. The van der Waals surface area contributed by atoms with Gasteiger partial charge in [0.2, 0.25) is 0 Å². The average Bonchev–Trinajstić information content (AvgIpc) is 2.70. The number of aromatic nitrogens is 3. The summed E-state index contributed by atoms with van der Waals surface area (Å²) in [4.78, 5) is 8.20. The van der Waals surface area contributed by atoms with Gasteiger partial charge in [-0.3, -0.25) is 4.98 Å². The molecule has 0 fully saturated rings. The Morgan fingerprint density at radius 2 is 2.00 bits per heavy atom. The summed E-state index contributed by atoms with van der Waals surface area (Å²) in [7, 11) is 1.91. The Hall–Kier alpha value is -2.36. The van der Waals surface area contributed by atoms with Crippen LogP contribution in [0.5, 0.6) is 0 Å². The fourth-order valence-corrected chi connectivity index (χ4v) is 1.93. The van der Waals surface area contributed by atoms with Gasteiger partial charge in [0.15, 0.2) is 5.95 Å². The molecule has 3 rings (SSSR count). The van der Waals surface area contributed by atoms with Crippen LogP contribution in [0.4, 0.5) is 5.95 Å². The van der Waals surface area contributed by atoms with Crippen LogP contribution in [0.15, 0.2) is 42.9 Å². The normalized spacial score (nSPS) is 10.9. The summed E-state index contributed by atoms with van der Waals surface area (Å²) >= 11 is 0. The van der Waals surface area contributed by atoms with E-state index < -0.39 is 0 Å². The van der Waals surface area contributed by atoms with Crippen molar-refractivity contribution in [3.63, 3.8) is 0 Å². The molecular formula is C13H12N4. The molecule has 0 saturated heterocycles. The number of anilines is 1. The standard InChI is InChI=1S/C13H12N4/c1-17-12(8-16-13(17)14)10-2-3-11-7-15-5-4-9(11)6-10/h2-8H,1H3,(H2,14,16). The van der Waals surface area contributed by atoms with E-state index in [4.69, 9.17) is 5.73 Å². The van der Waals surface area contributed by atoms with Crippen LogP contribution in [0.1, 0.15) is 0 Å². The van der Waals surface area contributed by atoms with Gasteiger partial charge in [0.05, 0.1) is 11.9 Å². The van der Waals surface area contributed by atoms with Gasteiger partial charge in [-0.1, -0.05) is 12.1 Å². The number of nitrogen functional groups attached to an aromatic ring is 1. The summed E-state index contributed by atoms with van der Waals surface area (Å²) in [5.41, 5.74) is 7.85. The van der Waals surface area contributed by atoms with Crippen LogP contribution in [0, 0.1) is 0 Å². The lowest BCUT2D eigenvalue weighted by atomic mass is 10.1. The monoisotopic (exact) mass is 224 g/mol. The van der Waals surface area contributed by atoms with Crippen molar-refractivity contribution in [2.24, 2.45) is 7.05 Å². The molecule has 17 heavy (non-hydrogen) atoms. The molecule has 0 aliphatic rings. The highest BCUT2D eigenvalue weighted by atomic mass is 15.1. The summed E-state index contributed by atoms with van der Waals surface area (Å²) in [6.45, 7) is 0. The van der Waals surface area contributed by atoms with E-state index in [1.54, 1.807) is 12.4 Å². The maximum Gasteiger partial charge on any atom is 0.200 e. The third-order valence-corrected chi connectivity index (χ3v) is 2.96. The molecule has 3 aromatic rings. The Morgan fingerprint density at radius 3 is 2.76 bits per heavy atom. The summed E-state index contributed by atoms with van der Waals surface area (Å²) in [5.74, 6) is 0.523. The van der Waals surface area contributed by atoms with Crippen molar-refractivity contribution in [1.82, 2.24) is 14.5 Å². The predicted molar refractivity (Wildman–Crippen MR) is 68.4 cm³/mol. The molecule has 0 amide bonds. The topological polar surface area (TPSA) is 56.7 Å². The maximum atomic E-state index is 5.73. The Balaban J connectivity index is 2.21. The van der Waals surface area contributed by atoms with Gasteiger partial charge >= 0.3 is 0 Å². The first kappa shape index (κ1) is 9.84. The molecule has 0 aliphatic heterocycles. The van der Waals surface area contributed by atoms with Gasteiger partial charge in [0, 0.05) is 30.4 Å². The van der Waals surface area contributed by atoms with Crippen molar-refractivity contribution in [2.45, 2.75) is 0 Å². The molecule has 0 bridgehead atoms. The van der Waals surface area contributed by atoms with Gasteiger partial charge in [-0.05, 0) is 17.5 Å². The minimum Gasteiger partial charge on any atom is -0.369 e. The first-order chi connectivity index (χ1) is 8.25. The van der Waals surface area contributed by atoms with E-state index in [0.717, 1.165) is 22.0 Å².